The highest BCUT2D eigenvalue weighted by Gasteiger charge is 2.42. The van der Waals surface area contributed by atoms with E-state index in [9.17, 15) is 29.4 Å². The summed E-state index contributed by atoms with van der Waals surface area (Å²) < 4.78 is 0. The van der Waals surface area contributed by atoms with E-state index in [0.717, 1.165) is 64.3 Å². The van der Waals surface area contributed by atoms with E-state index in [1.165, 1.54) is 0 Å². The van der Waals surface area contributed by atoms with Crippen molar-refractivity contribution in [2.45, 2.75) is 51.6 Å². The molecule has 12 heteroatoms. The van der Waals surface area contributed by atoms with Crippen molar-refractivity contribution in [1.82, 2.24) is 30.4 Å². The Morgan fingerprint density at radius 2 is 1.45 bits per heavy atom. The third-order valence-electron chi connectivity index (χ3n) is 8.43. The number of likely N-dealkylation sites (tertiary alicyclic amines) is 1. The summed E-state index contributed by atoms with van der Waals surface area (Å²) in [5, 5.41) is 24.9. The summed E-state index contributed by atoms with van der Waals surface area (Å²) in [6.45, 7) is 8.99. The molecular formula is C26H38N6O6. The van der Waals surface area contributed by atoms with Gasteiger partial charge in [0.2, 0.25) is 0 Å². The Kier molecular flexibility index (Phi) is 8.93. The minimum absolute atomic E-state index is 0.111. The minimum atomic E-state index is -1.11. The molecule has 0 spiro atoms. The van der Waals surface area contributed by atoms with Crippen molar-refractivity contribution in [3.63, 3.8) is 0 Å². The number of piperidine rings is 4. The second kappa shape index (κ2) is 12.2. The number of carbonyl (C=O) groups excluding carboxylic acids is 2. The number of carboxylic acid groups (broad SMARTS) is 2. The molecule has 38 heavy (non-hydrogen) atoms. The number of rotatable bonds is 10. The molecule has 5 heterocycles. The number of nitrogens with one attached hydrogen (secondary N) is 2. The predicted octanol–water partition coefficient (Wildman–Crippen LogP) is 0.552. The molecule has 0 saturated carbocycles. The highest BCUT2D eigenvalue weighted by Crippen LogP contribution is 2.34. The Morgan fingerprint density at radius 3 is 1.89 bits per heavy atom. The second-order valence-electron chi connectivity index (χ2n) is 10.9. The molecule has 1 aromatic rings. The van der Waals surface area contributed by atoms with Gasteiger partial charge in [0.15, 0.2) is 0 Å². The van der Waals surface area contributed by atoms with Crippen LogP contribution >= 0.6 is 0 Å². The first-order valence-corrected chi connectivity index (χ1v) is 13.5. The Morgan fingerprint density at radius 1 is 0.895 bits per heavy atom. The number of hydrogen-bond donors (Lipinski definition) is 4. The van der Waals surface area contributed by atoms with Crippen LogP contribution in [0.15, 0.2) is 12.4 Å². The van der Waals surface area contributed by atoms with Gasteiger partial charge in [-0.2, -0.15) is 0 Å². The zero-order valence-electron chi connectivity index (χ0n) is 22.0. The number of aliphatic carboxylic acids is 2. The molecule has 4 saturated heterocycles. The van der Waals surface area contributed by atoms with Crippen LogP contribution < -0.4 is 10.6 Å². The average Bonchev–Trinajstić information content (AvgIpc) is 2.91. The van der Waals surface area contributed by atoms with E-state index in [0.29, 0.717) is 13.1 Å². The Balaban J connectivity index is 1.39. The average molecular weight is 531 g/mol. The van der Waals surface area contributed by atoms with Crippen molar-refractivity contribution in [3.8, 4) is 0 Å². The van der Waals surface area contributed by atoms with Gasteiger partial charge in [-0.1, -0.05) is 13.8 Å². The molecule has 2 amide bonds. The van der Waals surface area contributed by atoms with Crippen molar-refractivity contribution in [1.29, 1.82) is 0 Å². The number of carboxylic acids is 2. The number of amides is 2. The highest BCUT2D eigenvalue weighted by molar-refractivity contribution is 5.97. The standard InChI is InChI=1S/C26H38N6O6/c1-3-7-31-8-4-15(2)17(13-31)21(25(35)36)29-23(33)19-11-28-20(12-27-19)24(34)30-22(26(37)38)18-14-32-9-5-16(18)6-10-32/h11-12,15-18,21-22H,3-10,13-14H2,1-2H3,(H,29,33)(H,30,34)(H,35,36)(H,37,38)/t15?,17-,18-,21+,22+/m0/s1. The van der Waals surface area contributed by atoms with Crippen LogP contribution in [0.25, 0.3) is 0 Å². The first kappa shape index (κ1) is 27.9. The summed E-state index contributed by atoms with van der Waals surface area (Å²) in [5.74, 6) is -3.62. The summed E-state index contributed by atoms with van der Waals surface area (Å²) >= 11 is 0. The molecule has 1 unspecified atom stereocenters. The monoisotopic (exact) mass is 530 g/mol. The zero-order valence-corrected chi connectivity index (χ0v) is 22.0. The van der Waals surface area contributed by atoms with Crippen LogP contribution in [-0.2, 0) is 9.59 Å². The maximum atomic E-state index is 12.9. The molecule has 5 rings (SSSR count). The number of hydrogen-bond acceptors (Lipinski definition) is 8. The molecule has 12 nitrogen and oxygen atoms in total. The lowest BCUT2D eigenvalue weighted by atomic mass is 9.75. The SMILES string of the molecule is CCCN1CCC(C)[C@@H]([C@@H](NC(=O)c2cnc(C(=O)N[C@@H](C(=O)O)[C@H]3CN4CCC3CC4)cn2)C(=O)O)C1. The van der Waals surface area contributed by atoms with Crippen LogP contribution in [0.1, 0.15) is 60.5 Å². The van der Waals surface area contributed by atoms with E-state index in [2.05, 4.69) is 37.3 Å². The number of nitrogens with zero attached hydrogens (tertiary/aromatic N) is 4. The lowest BCUT2D eigenvalue weighted by Crippen LogP contribution is -2.57. The maximum Gasteiger partial charge on any atom is 0.326 e. The minimum Gasteiger partial charge on any atom is -0.480 e. The normalized spacial score (nSPS) is 28.7. The van der Waals surface area contributed by atoms with Crippen molar-refractivity contribution in [3.05, 3.63) is 23.8 Å². The summed E-state index contributed by atoms with van der Waals surface area (Å²) in [4.78, 5) is 62.2. The zero-order chi connectivity index (χ0) is 27.4. The van der Waals surface area contributed by atoms with E-state index < -0.39 is 35.8 Å². The number of carbonyl (C=O) groups is 4. The van der Waals surface area contributed by atoms with Gasteiger partial charge in [-0.3, -0.25) is 9.59 Å². The first-order valence-electron chi connectivity index (χ1n) is 13.5. The van der Waals surface area contributed by atoms with Crippen LogP contribution in [0.5, 0.6) is 0 Å². The molecule has 4 aliphatic heterocycles. The van der Waals surface area contributed by atoms with E-state index in [4.69, 9.17) is 0 Å². The Bertz CT molecular complexity index is 1030. The molecule has 208 valence electrons. The van der Waals surface area contributed by atoms with Crippen LogP contribution in [0.3, 0.4) is 0 Å². The Labute approximate surface area is 222 Å². The molecule has 2 bridgehead atoms. The molecule has 1 aromatic heterocycles. The molecule has 5 atom stereocenters. The van der Waals surface area contributed by atoms with Gasteiger partial charge in [0, 0.05) is 24.9 Å². The quantitative estimate of drug-likeness (QED) is 0.336. The third-order valence-corrected chi connectivity index (χ3v) is 8.43. The largest absolute Gasteiger partial charge is 0.480 e. The molecular weight excluding hydrogens is 492 g/mol. The molecule has 4 fully saturated rings. The molecule has 4 N–H and O–H groups in total. The summed E-state index contributed by atoms with van der Waals surface area (Å²) in [5.41, 5.74) is -0.228. The Hall–Kier alpha value is -3.12. The van der Waals surface area contributed by atoms with Crippen LogP contribution in [0.2, 0.25) is 0 Å². The van der Waals surface area contributed by atoms with Gasteiger partial charge in [0.1, 0.15) is 23.5 Å². The van der Waals surface area contributed by atoms with Gasteiger partial charge in [-0.25, -0.2) is 19.6 Å². The molecule has 0 aliphatic carbocycles. The van der Waals surface area contributed by atoms with Gasteiger partial charge in [-0.05, 0) is 63.7 Å². The fourth-order valence-corrected chi connectivity index (χ4v) is 6.21. The van der Waals surface area contributed by atoms with E-state index in [1.807, 2.05) is 6.92 Å². The van der Waals surface area contributed by atoms with Gasteiger partial charge in [-0.15, -0.1) is 0 Å². The fraction of sp³-hybridized carbons (Fsp3) is 0.692. The van der Waals surface area contributed by atoms with Gasteiger partial charge < -0.3 is 30.6 Å². The highest BCUT2D eigenvalue weighted by atomic mass is 16.4. The summed E-state index contributed by atoms with van der Waals surface area (Å²) in [6, 6.07) is -2.12. The molecule has 4 aliphatic rings. The first-order chi connectivity index (χ1) is 18.2. The van der Waals surface area contributed by atoms with Crippen LogP contribution in [-0.4, -0.2) is 105 Å². The maximum absolute atomic E-state index is 12.9. The number of aromatic nitrogens is 2. The second-order valence-corrected chi connectivity index (χ2v) is 10.9. The fourth-order valence-electron chi connectivity index (χ4n) is 6.21. The van der Waals surface area contributed by atoms with Crippen molar-refractivity contribution < 1.29 is 29.4 Å². The predicted molar refractivity (Wildman–Crippen MR) is 136 cm³/mol. The smallest absolute Gasteiger partial charge is 0.326 e. The van der Waals surface area contributed by atoms with Crippen molar-refractivity contribution >= 4 is 23.8 Å². The van der Waals surface area contributed by atoms with Gasteiger partial charge >= 0.3 is 11.9 Å². The third kappa shape index (κ3) is 6.29. The summed E-state index contributed by atoms with van der Waals surface area (Å²) in [7, 11) is 0. The van der Waals surface area contributed by atoms with E-state index >= 15 is 0 Å². The van der Waals surface area contributed by atoms with Gasteiger partial charge in [0.25, 0.3) is 11.8 Å². The van der Waals surface area contributed by atoms with Gasteiger partial charge in [0.05, 0.1) is 12.4 Å². The topological polar surface area (TPSA) is 165 Å². The van der Waals surface area contributed by atoms with E-state index in [1.54, 1.807) is 0 Å². The van der Waals surface area contributed by atoms with E-state index in [-0.39, 0.29) is 35.1 Å². The van der Waals surface area contributed by atoms with Crippen LogP contribution in [0, 0.1) is 23.7 Å². The van der Waals surface area contributed by atoms with Crippen LogP contribution in [0.4, 0.5) is 0 Å². The lowest BCUT2D eigenvalue weighted by Gasteiger charge is -2.46. The molecule has 0 aromatic carbocycles. The lowest BCUT2D eigenvalue weighted by molar-refractivity contribution is -0.143. The molecule has 0 radical (unpaired) electrons. The van der Waals surface area contributed by atoms with Crippen molar-refractivity contribution in [2.24, 2.45) is 23.7 Å². The summed E-state index contributed by atoms with van der Waals surface area (Å²) in [6.07, 6.45) is 5.88. The van der Waals surface area contributed by atoms with Crippen molar-refractivity contribution in [2.75, 3.05) is 39.3 Å². The number of fused-ring (bicyclic) bond motifs is 3.